The van der Waals surface area contributed by atoms with Crippen LogP contribution in [0.4, 0.5) is 6.01 Å². The highest BCUT2D eigenvalue weighted by atomic mass is 35.5. The number of oxazole rings is 1. The second-order valence-electron chi connectivity index (χ2n) is 8.18. The number of carbonyl (C=O) groups excluding carboxylic acids is 2. The van der Waals surface area contributed by atoms with Gasteiger partial charge in [-0.3, -0.25) is 14.5 Å². The molecule has 1 fully saturated rings. The number of hydrogen-bond acceptors (Lipinski definition) is 5. The maximum absolute atomic E-state index is 13.7. The SMILES string of the molecule is Cc1ccc(-n2cccn2)c(C(=O)N2CCN(c3nc4cc(Cl)ccc4o3)C(=O)CC2C)c1. The molecular formula is C24H22ClN5O3. The molecule has 4 aromatic rings. The van der Waals surface area contributed by atoms with Gasteiger partial charge >= 0.3 is 6.01 Å². The van der Waals surface area contributed by atoms with Gasteiger partial charge in [0.2, 0.25) is 5.91 Å². The zero-order chi connectivity index (χ0) is 23.1. The lowest BCUT2D eigenvalue weighted by Gasteiger charge is -2.27. The lowest BCUT2D eigenvalue weighted by atomic mass is 10.1. The summed E-state index contributed by atoms with van der Waals surface area (Å²) in [6, 6.07) is 12.6. The molecule has 2 amide bonds. The van der Waals surface area contributed by atoms with Crippen molar-refractivity contribution in [2.24, 2.45) is 0 Å². The Morgan fingerprint density at radius 1 is 1.18 bits per heavy atom. The van der Waals surface area contributed by atoms with Gasteiger partial charge in [0.05, 0.1) is 11.3 Å². The van der Waals surface area contributed by atoms with E-state index < -0.39 is 0 Å². The smallest absolute Gasteiger partial charge is 0.305 e. The largest absolute Gasteiger partial charge is 0.423 e. The van der Waals surface area contributed by atoms with Crippen LogP contribution >= 0.6 is 11.6 Å². The fraction of sp³-hybridized carbons (Fsp3) is 0.250. The van der Waals surface area contributed by atoms with Crippen molar-refractivity contribution < 1.29 is 14.0 Å². The van der Waals surface area contributed by atoms with E-state index in [2.05, 4.69) is 10.1 Å². The molecule has 0 bridgehead atoms. The van der Waals surface area contributed by atoms with Crippen LogP contribution in [0.15, 0.2) is 59.3 Å². The van der Waals surface area contributed by atoms with E-state index in [1.165, 1.54) is 4.90 Å². The predicted molar refractivity (Wildman–Crippen MR) is 125 cm³/mol. The van der Waals surface area contributed by atoms with Crippen LogP contribution in [0.25, 0.3) is 16.8 Å². The summed E-state index contributed by atoms with van der Waals surface area (Å²) in [5, 5.41) is 4.83. The molecule has 1 aliphatic heterocycles. The molecule has 1 atom stereocenters. The molecule has 2 aromatic carbocycles. The molecule has 8 nitrogen and oxygen atoms in total. The molecule has 1 saturated heterocycles. The van der Waals surface area contributed by atoms with Crippen LogP contribution in [0.2, 0.25) is 5.02 Å². The minimum Gasteiger partial charge on any atom is -0.423 e. The molecule has 0 aliphatic carbocycles. The van der Waals surface area contributed by atoms with Crippen molar-refractivity contribution in [1.82, 2.24) is 19.7 Å². The van der Waals surface area contributed by atoms with Crippen molar-refractivity contribution in [3.8, 4) is 5.69 Å². The van der Waals surface area contributed by atoms with Crippen LogP contribution in [0.3, 0.4) is 0 Å². The third-order valence-corrected chi connectivity index (χ3v) is 6.07. The Balaban J connectivity index is 1.45. The Kier molecular flexibility index (Phi) is 5.38. The monoisotopic (exact) mass is 463 g/mol. The number of halogens is 1. The number of aromatic nitrogens is 3. The second-order valence-corrected chi connectivity index (χ2v) is 8.61. The Morgan fingerprint density at radius 3 is 2.82 bits per heavy atom. The molecular weight excluding hydrogens is 442 g/mol. The number of benzene rings is 2. The molecule has 0 spiro atoms. The van der Waals surface area contributed by atoms with E-state index in [-0.39, 0.29) is 36.8 Å². The van der Waals surface area contributed by atoms with E-state index in [1.807, 2.05) is 38.1 Å². The number of fused-ring (bicyclic) bond motifs is 1. The minimum atomic E-state index is -0.292. The summed E-state index contributed by atoms with van der Waals surface area (Å²) in [6.45, 7) is 4.45. The lowest BCUT2D eigenvalue weighted by molar-refractivity contribution is -0.119. The highest BCUT2D eigenvalue weighted by Gasteiger charge is 2.33. The molecule has 0 N–H and O–H groups in total. The maximum atomic E-state index is 13.7. The molecule has 168 valence electrons. The van der Waals surface area contributed by atoms with Crippen LogP contribution in [-0.2, 0) is 4.79 Å². The maximum Gasteiger partial charge on any atom is 0.305 e. The summed E-state index contributed by atoms with van der Waals surface area (Å²) < 4.78 is 7.48. The van der Waals surface area contributed by atoms with Crippen LogP contribution in [0, 0.1) is 6.92 Å². The van der Waals surface area contributed by atoms with Gasteiger partial charge in [-0.05, 0) is 50.2 Å². The van der Waals surface area contributed by atoms with E-state index in [0.717, 1.165) is 5.56 Å². The fourth-order valence-electron chi connectivity index (χ4n) is 4.12. The Morgan fingerprint density at radius 2 is 2.03 bits per heavy atom. The van der Waals surface area contributed by atoms with E-state index in [0.29, 0.717) is 33.9 Å². The van der Waals surface area contributed by atoms with E-state index in [1.54, 1.807) is 40.2 Å². The number of anilines is 1. The summed E-state index contributed by atoms with van der Waals surface area (Å²) in [6.07, 6.45) is 3.64. The molecule has 9 heteroatoms. The molecule has 1 aliphatic rings. The first-order valence-corrected chi connectivity index (χ1v) is 11.1. The highest BCUT2D eigenvalue weighted by molar-refractivity contribution is 6.31. The Labute approximate surface area is 195 Å². The molecule has 0 radical (unpaired) electrons. The zero-order valence-corrected chi connectivity index (χ0v) is 19.0. The highest BCUT2D eigenvalue weighted by Crippen LogP contribution is 2.27. The number of rotatable bonds is 3. The Hall–Kier alpha value is -3.65. The average molecular weight is 464 g/mol. The van der Waals surface area contributed by atoms with Gasteiger partial charge in [-0.15, -0.1) is 0 Å². The van der Waals surface area contributed by atoms with Crippen molar-refractivity contribution in [2.45, 2.75) is 26.3 Å². The summed E-state index contributed by atoms with van der Waals surface area (Å²) >= 11 is 6.05. The van der Waals surface area contributed by atoms with Gasteiger partial charge in [0.25, 0.3) is 5.91 Å². The number of amides is 2. The number of hydrogen-bond donors (Lipinski definition) is 0. The van der Waals surface area contributed by atoms with Gasteiger partial charge in [-0.1, -0.05) is 23.2 Å². The normalized spacial score (nSPS) is 16.9. The first-order chi connectivity index (χ1) is 15.9. The summed E-state index contributed by atoms with van der Waals surface area (Å²) in [4.78, 5) is 34.4. The number of carbonyl (C=O) groups is 2. The first-order valence-electron chi connectivity index (χ1n) is 10.7. The van der Waals surface area contributed by atoms with Crippen molar-refractivity contribution in [2.75, 3.05) is 18.0 Å². The van der Waals surface area contributed by atoms with Gasteiger partial charge < -0.3 is 9.32 Å². The molecule has 3 heterocycles. The predicted octanol–water partition coefficient (Wildman–Crippen LogP) is 4.24. The summed E-state index contributed by atoms with van der Waals surface area (Å²) in [5.41, 5.74) is 3.35. The van der Waals surface area contributed by atoms with Crippen molar-refractivity contribution in [3.63, 3.8) is 0 Å². The van der Waals surface area contributed by atoms with E-state index in [4.69, 9.17) is 16.0 Å². The topological polar surface area (TPSA) is 84.5 Å². The van der Waals surface area contributed by atoms with E-state index in [9.17, 15) is 9.59 Å². The molecule has 0 saturated carbocycles. The van der Waals surface area contributed by atoms with Crippen LogP contribution in [0.5, 0.6) is 0 Å². The molecule has 33 heavy (non-hydrogen) atoms. The number of aryl methyl sites for hydroxylation is 1. The summed E-state index contributed by atoms with van der Waals surface area (Å²) in [5.74, 6) is -0.289. The van der Waals surface area contributed by atoms with Gasteiger partial charge in [0, 0.05) is 43.0 Å². The third-order valence-electron chi connectivity index (χ3n) is 5.83. The average Bonchev–Trinajstić information content (AvgIpc) is 3.43. The standard InChI is InChI=1S/C24H22ClN5O3/c1-15-4-6-20(30-9-3-8-26-30)18(12-15)23(32)28-10-11-29(22(31)13-16(28)2)24-27-19-14-17(25)5-7-21(19)33-24/h3-9,12,14,16H,10-11,13H2,1-2H3. The molecule has 2 aromatic heterocycles. The van der Waals surface area contributed by atoms with Gasteiger partial charge in [0.15, 0.2) is 5.58 Å². The number of nitrogens with zero attached hydrogens (tertiary/aromatic N) is 5. The molecule has 5 rings (SSSR count). The lowest BCUT2D eigenvalue weighted by Crippen LogP contribution is -2.40. The quantitative estimate of drug-likeness (QED) is 0.453. The van der Waals surface area contributed by atoms with Crippen molar-refractivity contribution in [1.29, 1.82) is 0 Å². The van der Waals surface area contributed by atoms with Gasteiger partial charge in [-0.2, -0.15) is 10.1 Å². The summed E-state index contributed by atoms with van der Waals surface area (Å²) in [7, 11) is 0. The van der Waals surface area contributed by atoms with Crippen LogP contribution in [-0.4, -0.2) is 50.6 Å². The van der Waals surface area contributed by atoms with Gasteiger partial charge in [0.1, 0.15) is 5.52 Å². The zero-order valence-electron chi connectivity index (χ0n) is 18.2. The second kappa shape index (κ2) is 8.37. The molecule has 1 unspecified atom stereocenters. The Bertz CT molecular complexity index is 1350. The third kappa shape index (κ3) is 3.98. The minimum absolute atomic E-state index is 0.143. The fourth-order valence-corrected chi connectivity index (χ4v) is 4.29. The van der Waals surface area contributed by atoms with Crippen molar-refractivity contribution >= 4 is 40.5 Å². The van der Waals surface area contributed by atoms with Crippen molar-refractivity contribution in [3.05, 3.63) is 71.0 Å². The van der Waals surface area contributed by atoms with Gasteiger partial charge in [-0.25, -0.2) is 4.68 Å². The van der Waals surface area contributed by atoms with Crippen LogP contribution < -0.4 is 4.90 Å². The first kappa shape index (κ1) is 21.2. The van der Waals surface area contributed by atoms with E-state index >= 15 is 0 Å². The van der Waals surface area contributed by atoms with Crippen LogP contribution in [0.1, 0.15) is 29.3 Å².